The van der Waals surface area contributed by atoms with Gasteiger partial charge in [0.2, 0.25) is 0 Å². The first-order chi connectivity index (χ1) is 8.66. The zero-order valence-corrected chi connectivity index (χ0v) is 10.9. The Labute approximate surface area is 106 Å². The molecule has 0 aromatic carbocycles. The molecule has 2 rings (SSSR count). The third-order valence-corrected chi connectivity index (χ3v) is 3.10. The van der Waals surface area contributed by atoms with E-state index in [1.807, 2.05) is 4.90 Å². The van der Waals surface area contributed by atoms with Crippen LogP contribution in [0.15, 0.2) is 0 Å². The number of likely N-dealkylation sites (tertiary alicyclic amines) is 1. The number of aromatic amines is 1. The number of rotatable bonds is 3. The Bertz CT molecular complexity index is 377. The van der Waals surface area contributed by atoms with E-state index in [0.29, 0.717) is 24.8 Å². The highest BCUT2D eigenvalue weighted by Crippen LogP contribution is 2.23. The van der Waals surface area contributed by atoms with E-state index in [2.05, 4.69) is 39.8 Å². The Kier molecular flexibility index (Phi) is 4.11. The first-order valence-corrected chi connectivity index (χ1v) is 6.43. The molecule has 100 valence electrons. The SMILES string of the molecule is CC(C)CNC(=O)N1CCCC(c2nn[nH]n2)C1. The number of urea groups is 1. The van der Waals surface area contributed by atoms with E-state index in [9.17, 15) is 4.79 Å². The molecule has 1 atom stereocenters. The third-order valence-electron chi connectivity index (χ3n) is 3.10. The van der Waals surface area contributed by atoms with Gasteiger partial charge in [0.1, 0.15) is 0 Å². The predicted molar refractivity (Wildman–Crippen MR) is 66.0 cm³/mol. The highest BCUT2D eigenvalue weighted by atomic mass is 16.2. The van der Waals surface area contributed by atoms with Gasteiger partial charge in [0.25, 0.3) is 0 Å². The Hall–Kier alpha value is -1.66. The number of aromatic nitrogens is 4. The van der Waals surface area contributed by atoms with Gasteiger partial charge in [-0.25, -0.2) is 4.79 Å². The maximum absolute atomic E-state index is 12.0. The first kappa shape index (κ1) is 12.8. The molecule has 2 amide bonds. The number of carbonyl (C=O) groups is 1. The summed E-state index contributed by atoms with van der Waals surface area (Å²) in [5, 5.41) is 17.0. The van der Waals surface area contributed by atoms with Gasteiger partial charge in [-0.2, -0.15) is 5.21 Å². The number of carbonyl (C=O) groups excluding carboxylic acids is 1. The molecule has 1 aromatic rings. The number of tetrazole rings is 1. The second-order valence-electron chi connectivity index (χ2n) is 5.14. The lowest BCUT2D eigenvalue weighted by Crippen LogP contribution is -2.46. The molecule has 1 unspecified atom stereocenters. The van der Waals surface area contributed by atoms with E-state index in [1.54, 1.807) is 0 Å². The molecule has 0 bridgehead atoms. The van der Waals surface area contributed by atoms with Gasteiger partial charge in [-0.3, -0.25) is 0 Å². The predicted octanol–water partition coefficient (Wildman–Crippen LogP) is 0.745. The van der Waals surface area contributed by atoms with E-state index >= 15 is 0 Å². The summed E-state index contributed by atoms with van der Waals surface area (Å²) in [5.41, 5.74) is 0. The van der Waals surface area contributed by atoms with E-state index in [4.69, 9.17) is 0 Å². The number of nitrogens with one attached hydrogen (secondary N) is 2. The lowest BCUT2D eigenvalue weighted by molar-refractivity contribution is 0.177. The average molecular weight is 252 g/mol. The van der Waals surface area contributed by atoms with Crippen molar-refractivity contribution in [3.8, 4) is 0 Å². The Morgan fingerprint density at radius 3 is 3.11 bits per heavy atom. The monoisotopic (exact) mass is 252 g/mol. The highest BCUT2D eigenvalue weighted by Gasteiger charge is 2.27. The van der Waals surface area contributed by atoms with E-state index in [0.717, 1.165) is 19.4 Å². The van der Waals surface area contributed by atoms with Crippen molar-refractivity contribution in [3.05, 3.63) is 5.82 Å². The molecule has 18 heavy (non-hydrogen) atoms. The zero-order valence-electron chi connectivity index (χ0n) is 10.9. The smallest absolute Gasteiger partial charge is 0.317 e. The molecule has 2 heterocycles. The van der Waals surface area contributed by atoms with Crippen LogP contribution in [0.4, 0.5) is 4.79 Å². The second kappa shape index (κ2) is 5.79. The van der Waals surface area contributed by atoms with E-state index in [-0.39, 0.29) is 11.9 Å². The summed E-state index contributed by atoms with van der Waals surface area (Å²) in [7, 11) is 0. The minimum absolute atomic E-state index is 0.0110. The van der Waals surface area contributed by atoms with Gasteiger partial charge in [0, 0.05) is 25.6 Å². The fourth-order valence-corrected chi connectivity index (χ4v) is 2.12. The van der Waals surface area contributed by atoms with Gasteiger partial charge in [-0.05, 0) is 18.8 Å². The maximum Gasteiger partial charge on any atom is 0.317 e. The van der Waals surface area contributed by atoms with Crippen molar-refractivity contribution in [2.45, 2.75) is 32.6 Å². The second-order valence-corrected chi connectivity index (χ2v) is 5.14. The molecule has 0 radical (unpaired) electrons. The minimum atomic E-state index is 0.0110. The summed E-state index contributed by atoms with van der Waals surface area (Å²) in [6.45, 7) is 6.35. The topological polar surface area (TPSA) is 86.8 Å². The van der Waals surface area contributed by atoms with Gasteiger partial charge >= 0.3 is 6.03 Å². The molecule has 1 saturated heterocycles. The van der Waals surface area contributed by atoms with Crippen LogP contribution in [0, 0.1) is 5.92 Å². The van der Waals surface area contributed by atoms with Crippen LogP contribution in [0.3, 0.4) is 0 Å². The van der Waals surface area contributed by atoms with Crippen molar-refractivity contribution in [1.82, 2.24) is 30.8 Å². The molecular formula is C11H20N6O. The van der Waals surface area contributed by atoms with Crippen molar-refractivity contribution in [2.24, 2.45) is 5.92 Å². The van der Waals surface area contributed by atoms with Gasteiger partial charge in [-0.15, -0.1) is 10.2 Å². The minimum Gasteiger partial charge on any atom is -0.338 e. The summed E-state index contributed by atoms with van der Waals surface area (Å²) in [5.74, 6) is 1.37. The van der Waals surface area contributed by atoms with Crippen molar-refractivity contribution >= 4 is 6.03 Å². The van der Waals surface area contributed by atoms with E-state index < -0.39 is 0 Å². The normalized spacial score (nSPS) is 20.2. The quantitative estimate of drug-likeness (QED) is 0.831. The largest absolute Gasteiger partial charge is 0.338 e. The molecule has 0 spiro atoms. The third kappa shape index (κ3) is 3.18. The summed E-state index contributed by atoms with van der Waals surface area (Å²) < 4.78 is 0. The Morgan fingerprint density at radius 2 is 2.44 bits per heavy atom. The molecule has 1 aliphatic heterocycles. The van der Waals surface area contributed by atoms with Gasteiger partial charge < -0.3 is 10.2 Å². The first-order valence-electron chi connectivity index (χ1n) is 6.43. The number of piperidine rings is 1. The van der Waals surface area contributed by atoms with Crippen LogP contribution in [-0.4, -0.2) is 51.2 Å². The van der Waals surface area contributed by atoms with Crippen LogP contribution >= 0.6 is 0 Å². The molecule has 1 aliphatic rings. The fourth-order valence-electron chi connectivity index (χ4n) is 2.12. The van der Waals surface area contributed by atoms with Crippen LogP contribution in [0.25, 0.3) is 0 Å². The van der Waals surface area contributed by atoms with Gasteiger partial charge in [-0.1, -0.05) is 19.1 Å². The van der Waals surface area contributed by atoms with Crippen LogP contribution in [-0.2, 0) is 0 Å². The number of amides is 2. The molecule has 0 saturated carbocycles. The maximum atomic E-state index is 12.0. The average Bonchev–Trinajstić information content (AvgIpc) is 2.90. The molecule has 7 heteroatoms. The van der Waals surface area contributed by atoms with Crippen molar-refractivity contribution in [3.63, 3.8) is 0 Å². The number of nitrogens with zero attached hydrogens (tertiary/aromatic N) is 4. The van der Waals surface area contributed by atoms with Crippen LogP contribution in [0.2, 0.25) is 0 Å². The molecule has 2 N–H and O–H groups in total. The summed E-state index contributed by atoms with van der Waals surface area (Å²) in [6.07, 6.45) is 1.99. The highest BCUT2D eigenvalue weighted by molar-refractivity contribution is 5.74. The van der Waals surface area contributed by atoms with Gasteiger partial charge in [0.15, 0.2) is 5.82 Å². The Balaban J connectivity index is 1.88. The molecule has 1 aromatic heterocycles. The van der Waals surface area contributed by atoms with Crippen molar-refractivity contribution in [2.75, 3.05) is 19.6 Å². The summed E-state index contributed by atoms with van der Waals surface area (Å²) >= 11 is 0. The van der Waals surface area contributed by atoms with Crippen molar-refractivity contribution in [1.29, 1.82) is 0 Å². The molecule has 1 fully saturated rings. The van der Waals surface area contributed by atoms with Crippen molar-refractivity contribution < 1.29 is 4.79 Å². The number of hydrogen-bond acceptors (Lipinski definition) is 4. The Morgan fingerprint density at radius 1 is 1.61 bits per heavy atom. The zero-order chi connectivity index (χ0) is 13.0. The number of H-pyrrole nitrogens is 1. The van der Waals surface area contributed by atoms with Crippen LogP contribution in [0.5, 0.6) is 0 Å². The van der Waals surface area contributed by atoms with Crippen LogP contribution < -0.4 is 5.32 Å². The van der Waals surface area contributed by atoms with E-state index in [1.165, 1.54) is 0 Å². The molecular weight excluding hydrogens is 232 g/mol. The lowest BCUT2D eigenvalue weighted by atomic mass is 9.98. The molecule has 7 nitrogen and oxygen atoms in total. The van der Waals surface area contributed by atoms with Gasteiger partial charge in [0.05, 0.1) is 0 Å². The summed E-state index contributed by atoms with van der Waals surface area (Å²) in [6, 6.07) is 0.0110. The fraction of sp³-hybridized carbons (Fsp3) is 0.818. The van der Waals surface area contributed by atoms with Crippen LogP contribution in [0.1, 0.15) is 38.4 Å². The molecule has 0 aliphatic carbocycles. The lowest BCUT2D eigenvalue weighted by Gasteiger charge is -2.31. The number of hydrogen-bond donors (Lipinski definition) is 2. The standard InChI is InChI=1S/C11H20N6O/c1-8(2)6-12-11(18)17-5-3-4-9(7-17)10-13-15-16-14-10/h8-9H,3-7H2,1-2H3,(H,12,18)(H,13,14,15,16). The summed E-state index contributed by atoms with van der Waals surface area (Å²) in [4.78, 5) is 13.8.